The van der Waals surface area contributed by atoms with E-state index in [-0.39, 0.29) is 6.04 Å². The van der Waals surface area contributed by atoms with E-state index >= 15 is 0 Å². The highest BCUT2D eigenvalue weighted by Gasteiger charge is 2.24. The molecule has 1 aliphatic heterocycles. The van der Waals surface area contributed by atoms with Crippen LogP contribution in [-0.2, 0) is 4.79 Å². The van der Waals surface area contributed by atoms with Gasteiger partial charge >= 0.3 is 0 Å². The molecule has 18 heavy (non-hydrogen) atoms. The smallest absolute Gasteiger partial charge is 0.136 e. The summed E-state index contributed by atoms with van der Waals surface area (Å²) in [6, 6.07) is 5.73. The summed E-state index contributed by atoms with van der Waals surface area (Å²) >= 11 is 0. The Hall–Kier alpha value is -1.97. The summed E-state index contributed by atoms with van der Waals surface area (Å²) in [4.78, 5) is 13.5. The number of Topliss-reactive ketones (excluding diaryl/α,β-unsaturated/α-hetero) is 1. The number of nitrogens with zero attached hydrogens (tertiary/aromatic N) is 1. The Morgan fingerprint density at radius 3 is 2.72 bits per heavy atom. The molecule has 1 saturated heterocycles. The van der Waals surface area contributed by atoms with Crippen molar-refractivity contribution in [2.45, 2.75) is 25.8 Å². The summed E-state index contributed by atoms with van der Waals surface area (Å²) in [7, 11) is 0. The third kappa shape index (κ3) is 2.32. The molecule has 4 nitrogen and oxygen atoms in total. The molecule has 0 bridgehead atoms. The van der Waals surface area contributed by atoms with Gasteiger partial charge in [-0.25, -0.2) is 0 Å². The number of likely N-dealkylation sites (tertiary alicyclic amines) is 1. The predicted molar refractivity (Wildman–Crippen MR) is 74.7 cm³/mol. The van der Waals surface area contributed by atoms with Gasteiger partial charge in [-0.3, -0.25) is 4.79 Å². The molecule has 0 radical (unpaired) electrons. The standard InChI is InChI=1S/C14H19N3O/c1-9-7-12(18)5-6-17(9)10(2)11-3-4-13(15)14(16)8-11/h3-4,8-9H,2,5-7,15-16H2,1H3/t9-/m1/s1. The van der Waals surface area contributed by atoms with Crippen LogP contribution in [-0.4, -0.2) is 23.3 Å². The molecule has 1 heterocycles. The Morgan fingerprint density at radius 1 is 1.39 bits per heavy atom. The number of piperidine rings is 1. The van der Waals surface area contributed by atoms with Gasteiger partial charge in [0.2, 0.25) is 0 Å². The lowest BCUT2D eigenvalue weighted by atomic mass is 9.99. The summed E-state index contributed by atoms with van der Waals surface area (Å²) in [5, 5.41) is 0. The van der Waals surface area contributed by atoms with Crippen LogP contribution in [0.3, 0.4) is 0 Å². The monoisotopic (exact) mass is 245 g/mol. The van der Waals surface area contributed by atoms with Gasteiger partial charge in [-0.1, -0.05) is 12.6 Å². The highest BCUT2D eigenvalue weighted by Crippen LogP contribution is 2.27. The molecular weight excluding hydrogens is 226 g/mol. The minimum Gasteiger partial charge on any atom is -0.397 e. The second kappa shape index (κ2) is 4.72. The van der Waals surface area contributed by atoms with E-state index in [1.807, 2.05) is 19.1 Å². The van der Waals surface area contributed by atoms with Crippen LogP contribution in [0, 0.1) is 0 Å². The maximum atomic E-state index is 11.4. The first kappa shape index (κ1) is 12.5. The zero-order valence-electron chi connectivity index (χ0n) is 10.6. The van der Waals surface area contributed by atoms with Gasteiger partial charge in [0, 0.05) is 31.1 Å². The van der Waals surface area contributed by atoms with E-state index in [0.29, 0.717) is 30.0 Å². The number of hydrogen-bond donors (Lipinski definition) is 2. The minimum atomic E-state index is 0.192. The van der Waals surface area contributed by atoms with Gasteiger partial charge in [0.1, 0.15) is 5.78 Å². The SMILES string of the molecule is C=C(c1ccc(N)c(N)c1)N1CCC(=O)C[C@H]1C. The van der Waals surface area contributed by atoms with E-state index in [1.54, 1.807) is 6.07 Å². The van der Waals surface area contributed by atoms with Crippen molar-refractivity contribution in [3.05, 3.63) is 30.3 Å². The minimum absolute atomic E-state index is 0.192. The van der Waals surface area contributed by atoms with Crippen molar-refractivity contribution in [1.29, 1.82) is 0 Å². The van der Waals surface area contributed by atoms with Crippen LogP contribution in [0.2, 0.25) is 0 Å². The molecule has 0 spiro atoms. The van der Waals surface area contributed by atoms with Crippen molar-refractivity contribution < 1.29 is 4.79 Å². The summed E-state index contributed by atoms with van der Waals surface area (Å²) in [6.07, 6.45) is 1.18. The molecule has 1 aliphatic rings. The molecule has 1 aromatic rings. The average Bonchev–Trinajstić information content (AvgIpc) is 2.32. The quantitative estimate of drug-likeness (QED) is 0.780. The van der Waals surface area contributed by atoms with Crippen molar-refractivity contribution in [2.75, 3.05) is 18.0 Å². The third-order valence-electron chi connectivity index (χ3n) is 3.45. The van der Waals surface area contributed by atoms with E-state index in [0.717, 1.165) is 17.8 Å². The highest BCUT2D eigenvalue weighted by molar-refractivity contribution is 5.81. The zero-order chi connectivity index (χ0) is 13.3. The molecule has 1 fully saturated rings. The zero-order valence-corrected chi connectivity index (χ0v) is 10.6. The molecule has 1 atom stereocenters. The summed E-state index contributed by atoms with van der Waals surface area (Å²) < 4.78 is 0. The van der Waals surface area contributed by atoms with Crippen molar-refractivity contribution >= 4 is 22.9 Å². The molecule has 4 heteroatoms. The van der Waals surface area contributed by atoms with Gasteiger partial charge in [0.25, 0.3) is 0 Å². The van der Waals surface area contributed by atoms with Crippen molar-refractivity contribution in [2.24, 2.45) is 0 Å². The fourth-order valence-corrected chi connectivity index (χ4v) is 2.33. The van der Waals surface area contributed by atoms with E-state index < -0.39 is 0 Å². The number of anilines is 2. The maximum absolute atomic E-state index is 11.4. The van der Waals surface area contributed by atoms with Crippen LogP contribution in [0.15, 0.2) is 24.8 Å². The average molecular weight is 245 g/mol. The van der Waals surface area contributed by atoms with Crippen LogP contribution in [0.25, 0.3) is 5.70 Å². The van der Waals surface area contributed by atoms with E-state index in [9.17, 15) is 4.79 Å². The van der Waals surface area contributed by atoms with Gasteiger partial charge in [-0.05, 0) is 24.6 Å². The number of nitrogens with two attached hydrogens (primary N) is 2. The van der Waals surface area contributed by atoms with Gasteiger partial charge in [0.05, 0.1) is 11.4 Å². The number of carbonyl (C=O) groups is 1. The lowest BCUT2D eigenvalue weighted by Gasteiger charge is -2.36. The number of hydrogen-bond acceptors (Lipinski definition) is 4. The lowest BCUT2D eigenvalue weighted by molar-refractivity contribution is -0.122. The highest BCUT2D eigenvalue weighted by atomic mass is 16.1. The van der Waals surface area contributed by atoms with Gasteiger partial charge < -0.3 is 16.4 Å². The third-order valence-corrected chi connectivity index (χ3v) is 3.45. The van der Waals surface area contributed by atoms with E-state index in [4.69, 9.17) is 11.5 Å². The maximum Gasteiger partial charge on any atom is 0.136 e. The largest absolute Gasteiger partial charge is 0.397 e. The molecule has 0 aromatic heterocycles. The number of carbonyl (C=O) groups excluding carboxylic acids is 1. The van der Waals surface area contributed by atoms with E-state index in [2.05, 4.69) is 11.5 Å². The number of nitrogen functional groups attached to an aromatic ring is 2. The normalized spacial score (nSPS) is 19.9. The molecule has 0 aliphatic carbocycles. The van der Waals surface area contributed by atoms with Crippen LogP contribution < -0.4 is 11.5 Å². The second-order valence-corrected chi connectivity index (χ2v) is 4.83. The number of ketones is 1. The van der Waals surface area contributed by atoms with Gasteiger partial charge in [0.15, 0.2) is 0 Å². The van der Waals surface area contributed by atoms with Crippen LogP contribution in [0.1, 0.15) is 25.3 Å². The van der Waals surface area contributed by atoms with Crippen LogP contribution >= 0.6 is 0 Å². The van der Waals surface area contributed by atoms with Gasteiger partial charge in [-0.15, -0.1) is 0 Å². The lowest BCUT2D eigenvalue weighted by Crippen LogP contribution is -2.39. The first-order valence-electron chi connectivity index (χ1n) is 6.11. The van der Waals surface area contributed by atoms with Gasteiger partial charge in [-0.2, -0.15) is 0 Å². The van der Waals surface area contributed by atoms with Crippen LogP contribution in [0.5, 0.6) is 0 Å². The molecular formula is C14H19N3O. The Bertz CT molecular complexity index is 496. The predicted octanol–water partition coefficient (Wildman–Crippen LogP) is 1.88. The fourth-order valence-electron chi connectivity index (χ4n) is 2.33. The summed E-state index contributed by atoms with van der Waals surface area (Å²) in [5.74, 6) is 0.323. The second-order valence-electron chi connectivity index (χ2n) is 4.83. The molecule has 4 N–H and O–H groups in total. The molecule has 0 unspecified atom stereocenters. The molecule has 1 aromatic carbocycles. The molecule has 2 rings (SSSR count). The molecule has 96 valence electrons. The first-order valence-corrected chi connectivity index (χ1v) is 6.11. The Labute approximate surface area is 107 Å². The van der Waals surface area contributed by atoms with Crippen molar-refractivity contribution in [1.82, 2.24) is 4.90 Å². The Balaban J connectivity index is 2.20. The number of rotatable bonds is 2. The summed E-state index contributed by atoms with van der Waals surface area (Å²) in [5.41, 5.74) is 14.5. The van der Waals surface area contributed by atoms with Crippen molar-refractivity contribution in [3.8, 4) is 0 Å². The number of benzene rings is 1. The topological polar surface area (TPSA) is 72.3 Å². The first-order chi connectivity index (χ1) is 8.49. The fraction of sp³-hybridized carbons (Fsp3) is 0.357. The van der Waals surface area contributed by atoms with Crippen LogP contribution in [0.4, 0.5) is 11.4 Å². The summed E-state index contributed by atoms with van der Waals surface area (Å²) in [6.45, 7) is 6.88. The molecule has 0 saturated carbocycles. The Kier molecular flexibility index (Phi) is 3.28. The Morgan fingerprint density at radius 2 is 2.11 bits per heavy atom. The van der Waals surface area contributed by atoms with E-state index in [1.165, 1.54) is 0 Å². The van der Waals surface area contributed by atoms with Crippen molar-refractivity contribution in [3.63, 3.8) is 0 Å². The molecule has 0 amide bonds.